The highest BCUT2D eigenvalue weighted by atomic mass is 16.4. The van der Waals surface area contributed by atoms with E-state index < -0.39 is 11.5 Å². The van der Waals surface area contributed by atoms with Crippen LogP contribution >= 0.6 is 0 Å². The molecule has 0 bridgehead atoms. The van der Waals surface area contributed by atoms with Gasteiger partial charge >= 0.3 is 5.97 Å². The van der Waals surface area contributed by atoms with Crippen LogP contribution < -0.4 is 5.56 Å². The van der Waals surface area contributed by atoms with E-state index in [2.05, 4.69) is 16.0 Å². The van der Waals surface area contributed by atoms with E-state index in [1.165, 1.54) is 18.3 Å². The van der Waals surface area contributed by atoms with E-state index in [9.17, 15) is 14.7 Å². The highest BCUT2D eigenvalue weighted by molar-refractivity contribution is 6.03. The number of aromatic hydroxyl groups is 1. The minimum atomic E-state index is -1.01. The monoisotopic (exact) mass is 423 g/mol. The Morgan fingerprint density at radius 2 is 1.69 bits per heavy atom. The van der Waals surface area contributed by atoms with Crippen LogP contribution in [-0.4, -0.2) is 27.4 Å². The molecule has 1 heterocycles. The van der Waals surface area contributed by atoms with E-state index in [0.29, 0.717) is 28.4 Å². The Labute approximate surface area is 182 Å². The molecule has 0 unspecified atom stereocenters. The number of carbonyl (C=O) groups is 1. The normalized spacial score (nSPS) is 11.0. The number of aromatic carboxylic acids is 1. The van der Waals surface area contributed by atoms with Crippen LogP contribution in [0.3, 0.4) is 0 Å². The number of hydrogen-bond donors (Lipinski definition) is 3. The first-order valence-corrected chi connectivity index (χ1v) is 9.69. The van der Waals surface area contributed by atoms with Crippen LogP contribution in [0.4, 0.5) is 5.69 Å². The Bertz CT molecular complexity index is 1440. The molecule has 0 saturated heterocycles. The lowest BCUT2D eigenvalue weighted by atomic mass is 9.99. The molecular formula is C25H17N3O4. The van der Waals surface area contributed by atoms with E-state index in [4.69, 9.17) is 10.4 Å². The van der Waals surface area contributed by atoms with Crippen LogP contribution in [0.2, 0.25) is 0 Å². The maximum Gasteiger partial charge on any atom is 0.335 e. The number of benzene rings is 3. The lowest BCUT2D eigenvalue weighted by Gasteiger charge is -2.08. The van der Waals surface area contributed by atoms with Gasteiger partial charge in [0.25, 0.3) is 5.56 Å². The standard InChI is InChI=1S/C25H17N3O4/c26-12-11-15-1-8-19(9-2-15)27-14-22-21-13-18(7-10-20(21)23(29)28-24(22)30)16-3-5-17(6-4-16)25(31)32/h1-10,13-14H,11H2,(H,31,32)(H2,28,29,30). The van der Waals surface area contributed by atoms with Crippen LogP contribution in [0.1, 0.15) is 21.5 Å². The van der Waals surface area contributed by atoms with Gasteiger partial charge < -0.3 is 10.2 Å². The molecule has 3 N–H and O–H groups in total. The van der Waals surface area contributed by atoms with Gasteiger partial charge in [-0.3, -0.25) is 14.8 Å². The average molecular weight is 423 g/mol. The van der Waals surface area contributed by atoms with Crippen molar-refractivity contribution in [3.8, 4) is 23.1 Å². The molecule has 1 aromatic heterocycles. The molecule has 0 saturated carbocycles. The molecular weight excluding hydrogens is 406 g/mol. The molecule has 0 aliphatic carbocycles. The number of hydrogen-bond acceptors (Lipinski definition) is 5. The molecule has 0 spiro atoms. The predicted octanol–water partition coefficient (Wildman–Crippen LogP) is 4.42. The number of carboxylic acids is 1. The van der Waals surface area contributed by atoms with Crippen molar-refractivity contribution in [3.05, 3.63) is 93.8 Å². The van der Waals surface area contributed by atoms with E-state index in [-0.39, 0.29) is 11.4 Å². The van der Waals surface area contributed by atoms with Crippen molar-refractivity contribution in [2.24, 2.45) is 4.99 Å². The molecule has 4 rings (SSSR count). The Balaban J connectivity index is 1.77. The number of rotatable bonds is 5. The summed E-state index contributed by atoms with van der Waals surface area (Å²) >= 11 is 0. The first-order chi connectivity index (χ1) is 15.5. The van der Waals surface area contributed by atoms with Crippen molar-refractivity contribution in [2.75, 3.05) is 0 Å². The summed E-state index contributed by atoms with van der Waals surface area (Å²) in [6, 6.07) is 20.8. The van der Waals surface area contributed by atoms with Crippen LogP contribution in [-0.2, 0) is 6.42 Å². The number of nitrogens with zero attached hydrogens (tertiary/aromatic N) is 2. The second-order valence-corrected chi connectivity index (χ2v) is 7.12. The molecule has 4 aromatic rings. The van der Waals surface area contributed by atoms with Gasteiger partial charge in [-0.2, -0.15) is 5.26 Å². The summed E-state index contributed by atoms with van der Waals surface area (Å²) in [6.07, 6.45) is 1.79. The first-order valence-electron chi connectivity index (χ1n) is 9.69. The third kappa shape index (κ3) is 4.11. The van der Waals surface area contributed by atoms with Crippen molar-refractivity contribution >= 4 is 28.6 Å². The average Bonchev–Trinajstić information content (AvgIpc) is 2.80. The third-order valence-electron chi connectivity index (χ3n) is 5.07. The van der Waals surface area contributed by atoms with E-state index in [1.807, 2.05) is 0 Å². The quantitative estimate of drug-likeness (QED) is 0.410. The van der Waals surface area contributed by atoms with Crippen molar-refractivity contribution in [1.82, 2.24) is 4.98 Å². The zero-order chi connectivity index (χ0) is 22.7. The van der Waals surface area contributed by atoms with Crippen molar-refractivity contribution in [1.29, 1.82) is 5.26 Å². The fourth-order valence-electron chi connectivity index (χ4n) is 3.38. The Kier molecular flexibility index (Phi) is 5.51. The topological polar surface area (TPSA) is 127 Å². The highest BCUT2D eigenvalue weighted by Gasteiger charge is 2.11. The number of fused-ring (bicyclic) bond motifs is 1. The zero-order valence-corrected chi connectivity index (χ0v) is 16.7. The van der Waals surface area contributed by atoms with Gasteiger partial charge in [-0.15, -0.1) is 0 Å². The van der Waals surface area contributed by atoms with E-state index in [0.717, 1.165) is 16.7 Å². The number of nitrogens with one attached hydrogen (secondary N) is 1. The smallest absolute Gasteiger partial charge is 0.335 e. The van der Waals surface area contributed by atoms with Gasteiger partial charge in [0.15, 0.2) is 0 Å². The maximum absolute atomic E-state index is 12.3. The maximum atomic E-state index is 12.3. The van der Waals surface area contributed by atoms with Crippen molar-refractivity contribution in [2.45, 2.75) is 6.42 Å². The second-order valence-electron chi connectivity index (χ2n) is 7.12. The largest absolute Gasteiger partial charge is 0.494 e. The van der Waals surface area contributed by atoms with Gasteiger partial charge in [0.1, 0.15) is 0 Å². The van der Waals surface area contributed by atoms with Crippen LogP contribution in [0.25, 0.3) is 21.9 Å². The van der Waals surface area contributed by atoms with Crippen LogP contribution in [0.15, 0.2) is 76.5 Å². The molecule has 3 aromatic carbocycles. The summed E-state index contributed by atoms with van der Waals surface area (Å²) in [5, 5.41) is 29.2. The van der Waals surface area contributed by atoms with E-state index >= 15 is 0 Å². The molecule has 0 radical (unpaired) electrons. The number of aliphatic imine (C=N–C) groups is 1. The van der Waals surface area contributed by atoms with Crippen LogP contribution in [0, 0.1) is 11.3 Å². The van der Waals surface area contributed by atoms with Gasteiger partial charge in [-0.1, -0.05) is 30.3 Å². The first kappa shape index (κ1) is 20.6. The van der Waals surface area contributed by atoms with Gasteiger partial charge in [0.2, 0.25) is 5.88 Å². The molecule has 0 amide bonds. The molecule has 32 heavy (non-hydrogen) atoms. The number of aromatic amines is 1. The Morgan fingerprint density at radius 3 is 2.34 bits per heavy atom. The SMILES string of the molecule is N#CCc1ccc(N=Cc2c(O)[nH]c(=O)c3ccc(-c4ccc(C(=O)O)cc4)cc23)cc1. The summed E-state index contributed by atoms with van der Waals surface area (Å²) < 4.78 is 0. The number of pyridine rings is 1. The lowest BCUT2D eigenvalue weighted by Crippen LogP contribution is -2.08. The van der Waals surface area contributed by atoms with Crippen molar-refractivity contribution < 1.29 is 15.0 Å². The minimum absolute atomic E-state index is 0.178. The number of aromatic nitrogens is 1. The molecule has 7 heteroatoms. The molecule has 156 valence electrons. The molecule has 0 aliphatic heterocycles. The minimum Gasteiger partial charge on any atom is -0.494 e. The molecule has 0 fully saturated rings. The summed E-state index contributed by atoms with van der Waals surface area (Å²) in [5.74, 6) is -1.31. The Morgan fingerprint density at radius 1 is 1.00 bits per heavy atom. The highest BCUT2D eigenvalue weighted by Crippen LogP contribution is 2.28. The lowest BCUT2D eigenvalue weighted by molar-refractivity contribution is 0.0697. The molecule has 7 nitrogen and oxygen atoms in total. The second kappa shape index (κ2) is 8.58. The fraction of sp³-hybridized carbons (Fsp3) is 0.0400. The fourth-order valence-corrected chi connectivity index (χ4v) is 3.38. The molecule has 0 aliphatic rings. The summed E-state index contributed by atoms with van der Waals surface area (Å²) in [6.45, 7) is 0. The van der Waals surface area contributed by atoms with Gasteiger partial charge in [-0.25, -0.2) is 4.79 Å². The van der Waals surface area contributed by atoms with Crippen molar-refractivity contribution in [3.63, 3.8) is 0 Å². The number of H-pyrrole nitrogens is 1. The van der Waals surface area contributed by atoms with Gasteiger partial charge in [-0.05, 0) is 53.1 Å². The van der Waals surface area contributed by atoms with Crippen LogP contribution in [0.5, 0.6) is 5.88 Å². The third-order valence-corrected chi connectivity index (χ3v) is 5.07. The number of nitriles is 1. The molecule has 0 atom stereocenters. The summed E-state index contributed by atoms with van der Waals surface area (Å²) in [7, 11) is 0. The van der Waals surface area contributed by atoms with Gasteiger partial charge in [0.05, 0.1) is 29.3 Å². The van der Waals surface area contributed by atoms with E-state index in [1.54, 1.807) is 54.6 Å². The van der Waals surface area contributed by atoms with Gasteiger partial charge in [0, 0.05) is 17.0 Å². The summed E-state index contributed by atoms with van der Waals surface area (Å²) in [5.41, 5.74) is 3.14. The predicted molar refractivity (Wildman–Crippen MR) is 122 cm³/mol. The Hall–Kier alpha value is -4.70. The zero-order valence-electron chi connectivity index (χ0n) is 16.7. The summed E-state index contributed by atoms with van der Waals surface area (Å²) in [4.78, 5) is 30.3. The number of carboxylic acid groups (broad SMARTS) is 1.